The summed E-state index contributed by atoms with van der Waals surface area (Å²) in [5.41, 5.74) is 2.88. The van der Waals surface area contributed by atoms with Crippen LogP contribution in [-0.4, -0.2) is 56.1 Å². The molecule has 2 aromatic heterocycles. The van der Waals surface area contributed by atoms with Crippen LogP contribution >= 0.6 is 0 Å². The zero-order valence-electron chi connectivity index (χ0n) is 19.5. The molecule has 5 rings (SSSR count). The van der Waals surface area contributed by atoms with Crippen molar-refractivity contribution in [2.75, 3.05) is 18.4 Å². The zero-order chi connectivity index (χ0) is 25.2. The molecule has 0 aliphatic carbocycles. The van der Waals surface area contributed by atoms with Crippen molar-refractivity contribution in [1.29, 1.82) is 0 Å². The molecule has 9 nitrogen and oxygen atoms in total. The summed E-state index contributed by atoms with van der Waals surface area (Å²) in [7, 11) is 1.94. The number of aryl methyl sites for hydroxylation is 1. The summed E-state index contributed by atoms with van der Waals surface area (Å²) in [6.07, 6.45) is 5.15. The Morgan fingerprint density at radius 2 is 1.72 bits per heavy atom. The van der Waals surface area contributed by atoms with Crippen molar-refractivity contribution in [2.24, 2.45) is 7.05 Å². The van der Waals surface area contributed by atoms with E-state index in [1.165, 1.54) is 4.90 Å². The number of benzene rings is 2. The summed E-state index contributed by atoms with van der Waals surface area (Å²) in [5, 5.41) is 3.81. The first-order chi connectivity index (χ1) is 17.4. The summed E-state index contributed by atoms with van der Waals surface area (Å²) in [6.45, 7) is -0.624. The van der Waals surface area contributed by atoms with Crippen molar-refractivity contribution in [3.8, 4) is 0 Å². The van der Waals surface area contributed by atoms with Gasteiger partial charge in [-0.25, -0.2) is 0 Å². The number of nitrogens with one attached hydrogen (secondary N) is 1. The predicted molar refractivity (Wildman–Crippen MR) is 133 cm³/mol. The molecule has 0 spiro atoms. The minimum Gasteiger partial charge on any atom is -0.351 e. The minimum absolute atomic E-state index is 0.0982. The first-order valence-electron chi connectivity index (χ1n) is 11.4. The topological polar surface area (TPSA) is 105 Å². The molecule has 0 radical (unpaired) electrons. The van der Waals surface area contributed by atoms with E-state index in [9.17, 15) is 19.2 Å². The summed E-state index contributed by atoms with van der Waals surface area (Å²) < 4.78 is 1.98. The molecule has 0 atom stereocenters. The van der Waals surface area contributed by atoms with E-state index in [4.69, 9.17) is 0 Å². The van der Waals surface area contributed by atoms with Gasteiger partial charge < -0.3 is 14.8 Å². The molecular formula is C27H23N5O4. The average Bonchev–Trinajstić information content (AvgIpc) is 3.36. The summed E-state index contributed by atoms with van der Waals surface area (Å²) in [4.78, 5) is 58.0. The van der Waals surface area contributed by atoms with Crippen molar-refractivity contribution in [3.05, 3.63) is 95.9 Å². The SMILES string of the molecule is Cn1ccc2cc(NC(=O)CN(Cc3cccnc3)C(=O)CN3C(=O)c4ccccc4C3=O)ccc21. The van der Waals surface area contributed by atoms with Gasteiger partial charge in [0.2, 0.25) is 11.8 Å². The quantitative estimate of drug-likeness (QED) is 0.409. The van der Waals surface area contributed by atoms with Crippen LogP contribution in [0.3, 0.4) is 0 Å². The Hall–Kier alpha value is -4.79. The van der Waals surface area contributed by atoms with Gasteiger partial charge in [-0.2, -0.15) is 0 Å². The lowest BCUT2D eigenvalue weighted by molar-refractivity contribution is -0.135. The lowest BCUT2D eigenvalue weighted by Gasteiger charge is -2.24. The number of carbonyl (C=O) groups is 4. The molecule has 4 aromatic rings. The van der Waals surface area contributed by atoms with E-state index in [0.29, 0.717) is 11.3 Å². The molecule has 0 fully saturated rings. The number of pyridine rings is 1. The van der Waals surface area contributed by atoms with Crippen molar-refractivity contribution in [3.63, 3.8) is 0 Å². The monoisotopic (exact) mass is 481 g/mol. The number of hydrogen-bond donors (Lipinski definition) is 1. The van der Waals surface area contributed by atoms with Gasteiger partial charge in [-0.05, 0) is 48.0 Å². The fourth-order valence-electron chi connectivity index (χ4n) is 4.30. The average molecular weight is 482 g/mol. The second-order valence-electron chi connectivity index (χ2n) is 8.60. The van der Waals surface area contributed by atoms with Crippen molar-refractivity contribution in [1.82, 2.24) is 19.4 Å². The molecule has 0 unspecified atom stereocenters. The Kier molecular flexibility index (Phi) is 6.03. The van der Waals surface area contributed by atoms with Crippen LogP contribution < -0.4 is 5.32 Å². The van der Waals surface area contributed by atoms with Crippen molar-refractivity contribution in [2.45, 2.75) is 6.54 Å². The van der Waals surface area contributed by atoms with Crippen molar-refractivity contribution >= 4 is 40.2 Å². The molecule has 1 aliphatic heterocycles. The maximum atomic E-state index is 13.3. The number of aromatic nitrogens is 2. The number of imide groups is 1. The molecule has 0 bridgehead atoms. The highest BCUT2D eigenvalue weighted by Gasteiger charge is 2.37. The van der Waals surface area contributed by atoms with Gasteiger partial charge in [0, 0.05) is 48.8 Å². The summed E-state index contributed by atoms with van der Waals surface area (Å²) in [6, 6.07) is 17.5. The van der Waals surface area contributed by atoms with Crippen LogP contribution in [0.4, 0.5) is 5.69 Å². The van der Waals surface area contributed by atoms with Crippen LogP contribution in [0.25, 0.3) is 10.9 Å². The Morgan fingerprint density at radius 3 is 2.42 bits per heavy atom. The van der Waals surface area contributed by atoms with Gasteiger partial charge in [0.1, 0.15) is 13.1 Å². The second kappa shape index (κ2) is 9.46. The lowest BCUT2D eigenvalue weighted by atomic mass is 10.1. The van der Waals surface area contributed by atoms with Gasteiger partial charge in [-0.3, -0.25) is 29.1 Å². The molecule has 4 amide bonds. The maximum absolute atomic E-state index is 13.3. The number of amides is 4. The highest BCUT2D eigenvalue weighted by molar-refractivity contribution is 6.22. The van der Waals surface area contributed by atoms with Gasteiger partial charge in [0.25, 0.3) is 11.8 Å². The normalized spacial score (nSPS) is 12.6. The first-order valence-corrected chi connectivity index (χ1v) is 11.4. The second-order valence-corrected chi connectivity index (χ2v) is 8.60. The number of carbonyl (C=O) groups excluding carboxylic acids is 4. The number of fused-ring (bicyclic) bond motifs is 2. The van der Waals surface area contributed by atoms with E-state index in [-0.39, 0.29) is 24.2 Å². The van der Waals surface area contributed by atoms with E-state index >= 15 is 0 Å². The molecule has 3 heterocycles. The van der Waals surface area contributed by atoms with Gasteiger partial charge >= 0.3 is 0 Å². The highest BCUT2D eigenvalue weighted by Crippen LogP contribution is 2.23. The molecule has 0 saturated carbocycles. The van der Waals surface area contributed by atoms with E-state index < -0.39 is 30.2 Å². The van der Waals surface area contributed by atoms with Crippen LogP contribution in [0.2, 0.25) is 0 Å². The predicted octanol–water partition coefficient (Wildman–Crippen LogP) is 2.84. The van der Waals surface area contributed by atoms with Crippen LogP contribution in [-0.2, 0) is 23.2 Å². The highest BCUT2D eigenvalue weighted by atomic mass is 16.2. The van der Waals surface area contributed by atoms with E-state index in [2.05, 4.69) is 10.3 Å². The third-order valence-corrected chi connectivity index (χ3v) is 6.12. The van der Waals surface area contributed by atoms with Gasteiger partial charge in [-0.1, -0.05) is 18.2 Å². The molecular weight excluding hydrogens is 458 g/mol. The fraction of sp³-hybridized carbons (Fsp3) is 0.148. The number of anilines is 1. The number of hydrogen-bond acceptors (Lipinski definition) is 5. The zero-order valence-corrected chi connectivity index (χ0v) is 19.5. The van der Waals surface area contributed by atoms with E-state index in [1.807, 2.05) is 36.0 Å². The van der Waals surface area contributed by atoms with Gasteiger partial charge in [0.15, 0.2) is 0 Å². The van der Waals surface area contributed by atoms with Gasteiger partial charge in [-0.15, -0.1) is 0 Å². The van der Waals surface area contributed by atoms with Crippen LogP contribution in [0.5, 0.6) is 0 Å². The molecule has 9 heteroatoms. The van der Waals surface area contributed by atoms with Crippen molar-refractivity contribution < 1.29 is 19.2 Å². The molecule has 36 heavy (non-hydrogen) atoms. The molecule has 1 aliphatic rings. The first kappa shape index (κ1) is 23.0. The summed E-state index contributed by atoms with van der Waals surface area (Å²) >= 11 is 0. The number of nitrogens with zero attached hydrogens (tertiary/aromatic N) is 4. The maximum Gasteiger partial charge on any atom is 0.262 e. The van der Waals surface area contributed by atoms with Crippen LogP contribution in [0, 0.1) is 0 Å². The van der Waals surface area contributed by atoms with E-state index in [0.717, 1.165) is 15.8 Å². The smallest absolute Gasteiger partial charge is 0.262 e. The Balaban J connectivity index is 1.32. The third kappa shape index (κ3) is 4.46. The van der Waals surface area contributed by atoms with Gasteiger partial charge in [0.05, 0.1) is 11.1 Å². The standard InChI is InChI=1S/C27H23N5O4/c1-30-12-10-19-13-20(8-9-23(19)30)29-24(33)16-31(15-18-5-4-11-28-14-18)25(34)17-32-26(35)21-6-2-3-7-22(21)27(32)36/h2-14H,15-17H2,1H3,(H,29,33). The minimum atomic E-state index is -0.526. The van der Waals surface area contributed by atoms with Crippen LogP contribution in [0.15, 0.2) is 79.3 Å². The summed E-state index contributed by atoms with van der Waals surface area (Å²) in [5.74, 6) is -1.97. The molecule has 1 N–H and O–H groups in total. The largest absolute Gasteiger partial charge is 0.351 e. The fourth-order valence-corrected chi connectivity index (χ4v) is 4.30. The van der Waals surface area contributed by atoms with E-state index in [1.54, 1.807) is 54.9 Å². The molecule has 2 aromatic carbocycles. The number of rotatable bonds is 7. The molecule has 0 saturated heterocycles. The third-order valence-electron chi connectivity index (χ3n) is 6.12. The lowest BCUT2D eigenvalue weighted by Crippen LogP contribution is -2.45. The molecule has 180 valence electrons. The Bertz CT molecular complexity index is 1460. The Labute approximate surface area is 206 Å². The Morgan fingerprint density at radius 1 is 0.972 bits per heavy atom. The van der Waals surface area contributed by atoms with Crippen LogP contribution in [0.1, 0.15) is 26.3 Å².